The van der Waals surface area contributed by atoms with E-state index >= 15 is 0 Å². The number of benzene rings is 2. The van der Waals surface area contributed by atoms with E-state index < -0.39 is 4.92 Å². The SMILES string of the molecule is O=[N+]([O-])C1=NN(c2ccccc2)N(c2ccccc2)N1. The molecule has 7 nitrogen and oxygen atoms in total. The molecule has 0 aromatic heterocycles. The molecule has 0 atom stereocenters. The van der Waals surface area contributed by atoms with E-state index in [0.29, 0.717) is 0 Å². The largest absolute Gasteiger partial charge is 0.473 e. The highest BCUT2D eigenvalue weighted by molar-refractivity contribution is 5.80. The highest BCUT2D eigenvalue weighted by atomic mass is 16.6. The van der Waals surface area contributed by atoms with E-state index in [1.165, 1.54) is 10.2 Å². The molecule has 0 amide bonds. The maximum Gasteiger partial charge on any atom is 0.473 e. The second-order valence-electron chi connectivity index (χ2n) is 4.06. The van der Waals surface area contributed by atoms with Crippen LogP contribution in [0.15, 0.2) is 65.8 Å². The molecule has 100 valence electrons. The van der Waals surface area contributed by atoms with Gasteiger partial charge in [-0.2, -0.15) is 0 Å². The minimum absolute atomic E-state index is 0.322. The number of hydrogen-bond donors (Lipinski definition) is 1. The van der Waals surface area contributed by atoms with Crippen molar-refractivity contribution in [1.29, 1.82) is 0 Å². The van der Waals surface area contributed by atoms with Crippen molar-refractivity contribution in [2.45, 2.75) is 0 Å². The van der Waals surface area contributed by atoms with Crippen molar-refractivity contribution in [2.24, 2.45) is 5.10 Å². The lowest BCUT2D eigenvalue weighted by atomic mass is 10.3. The molecule has 0 aliphatic carbocycles. The number of hydrazine groups is 2. The lowest BCUT2D eigenvalue weighted by molar-refractivity contribution is -0.354. The summed E-state index contributed by atoms with van der Waals surface area (Å²) in [4.78, 5) is 10.4. The predicted molar refractivity (Wildman–Crippen MR) is 75.4 cm³/mol. The van der Waals surface area contributed by atoms with Gasteiger partial charge in [-0.15, -0.1) is 10.5 Å². The maximum atomic E-state index is 10.9. The number of anilines is 2. The van der Waals surface area contributed by atoms with Gasteiger partial charge >= 0.3 is 5.96 Å². The van der Waals surface area contributed by atoms with Gasteiger partial charge in [-0.25, -0.2) is 0 Å². The molecule has 0 radical (unpaired) electrons. The number of hydrogen-bond acceptors (Lipinski definition) is 6. The van der Waals surface area contributed by atoms with E-state index in [0.717, 1.165) is 11.4 Å². The molecule has 2 aromatic carbocycles. The first-order chi connectivity index (χ1) is 9.75. The molecule has 1 heterocycles. The highest BCUT2D eigenvalue weighted by Gasteiger charge is 2.34. The van der Waals surface area contributed by atoms with E-state index in [1.807, 2.05) is 60.7 Å². The number of nitrogens with zero attached hydrogens (tertiary/aromatic N) is 4. The van der Waals surface area contributed by atoms with Crippen LogP contribution in [0.3, 0.4) is 0 Å². The average Bonchev–Trinajstić information content (AvgIpc) is 2.94. The minimum Gasteiger partial charge on any atom is -0.390 e. The van der Waals surface area contributed by atoms with Gasteiger partial charge in [-0.05, 0) is 29.2 Å². The number of rotatable bonds is 2. The van der Waals surface area contributed by atoms with Crippen LogP contribution in [0.2, 0.25) is 0 Å². The molecule has 3 rings (SSSR count). The van der Waals surface area contributed by atoms with E-state index in [-0.39, 0.29) is 5.96 Å². The monoisotopic (exact) mass is 269 g/mol. The Morgan fingerprint density at radius 3 is 2.05 bits per heavy atom. The van der Waals surface area contributed by atoms with Crippen LogP contribution >= 0.6 is 0 Å². The molecule has 20 heavy (non-hydrogen) atoms. The molecule has 1 aliphatic rings. The molecular formula is C13H11N5O2. The highest BCUT2D eigenvalue weighted by Crippen LogP contribution is 2.23. The number of hydrazone groups is 1. The van der Waals surface area contributed by atoms with Gasteiger partial charge in [-0.3, -0.25) is 0 Å². The summed E-state index contributed by atoms with van der Waals surface area (Å²) in [5, 5.41) is 17.9. The van der Waals surface area contributed by atoms with Crippen LogP contribution in [0.5, 0.6) is 0 Å². The first kappa shape index (κ1) is 12.0. The number of nitrogens with one attached hydrogen (secondary N) is 1. The molecule has 0 fully saturated rings. The van der Waals surface area contributed by atoms with E-state index in [2.05, 4.69) is 10.5 Å². The summed E-state index contributed by atoms with van der Waals surface area (Å²) >= 11 is 0. The van der Waals surface area contributed by atoms with Gasteiger partial charge in [0, 0.05) is 0 Å². The van der Waals surface area contributed by atoms with Gasteiger partial charge in [0.1, 0.15) is 5.69 Å². The topological polar surface area (TPSA) is 74.0 Å². The molecule has 2 aromatic rings. The van der Waals surface area contributed by atoms with E-state index in [9.17, 15) is 10.1 Å². The van der Waals surface area contributed by atoms with Crippen molar-refractivity contribution in [2.75, 3.05) is 10.2 Å². The molecule has 1 N–H and O–H groups in total. The molecular weight excluding hydrogens is 258 g/mol. The normalized spacial score (nSPS) is 13.9. The van der Waals surface area contributed by atoms with Crippen LogP contribution in [0.1, 0.15) is 0 Å². The van der Waals surface area contributed by atoms with Crippen molar-refractivity contribution >= 4 is 17.3 Å². The van der Waals surface area contributed by atoms with E-state index in [4.69, 9.17) is 0 Å². The number of nitro groups is 1. The Bertz CT molecular complexity index is 644. The molecule has 0 spiro atoms. The van der Waals surface area contributed by atoms with Crippen molar-refractivity contribution in [3.63, 3.8) is 0 Å². The molecule has 0 saturated heterocycles. The van der Waals surface area contributed by atoms with Gasteiger partial charge < -0.3 is 10.1 Å². The smallest absolute Gasteiger partial charge is 0.390 e. The van der Waals surface area contributed by atoms with Gasteiger partial charge in [0.2, 0.25) is 0 Å². The Morgan fingerprint density at radius 1 is 0.950 bits per heavy atom. The Labute approximate surface area is 114 Å². The third-order valence-corrected chi connectivity index (χ3v) is 2.75. The van der Waals surface area contributed by atoms with Crippen molar-refractivity contribution in [3.05, 3.63) is 70.8 Å². The Hall–Kier alpha value is -3.09. The summed E-state index contributed by atoms with van der Waals surface area (Å²) in [5.41, 5.74) is 4.14. The van der Waals surface area contributed by atoms with Gasteiger partial charge in [0.15, 0.2) is 0 Å². The van der Waals surface area contributed by atoms with Crippen LogP contribution in [-0.4, -0.2) is 10.9 Å². The molecule has 1 aliphatic heterocycles. The lowest BCUT2D eigenvalue weighted by Crippen LogP contribution is -2.45. The second kappa shape index (κ2) is 4.88. The quantitative estimate of drug-likeness (QED) is 0.666. The fourth-order valence-corrected chi connectivity index (χ4v) is 1.85. The Kier molecular flexibility index (Phi) is 2.92. The van der Waals surface area contributed by atoms with E-state index in [1.54, 1.807) is 0 Å². The molecule has 7 heteroatoms. The standard InChI is InChI=1S/C13H11N5O2/c19-18(20)13-14-16(11-7-3-1-4-8-11)17(15-13)12-9-5-2-6-10-12/h1-10H,(H,14,15). The zero-order valence-corrected chi connectivity index (χ0v) is 10.4. The summed E-state index contributed by atoms with van der Waals surface area (Å²) in [7, 11) is 0. The Balaban J connectivity index is 2.00. The fraction of sp³-hybridized carbons (Fsp3) is 0. The first-order valence-corrected chi connectivity index (χ1v) is 5.95. The Morgan fingerprint density at radius 2 is 1.50 bits per heavy atom. The average molecular weight is 269 g/mol. The van der Waals surface area contributed by atoms with Crippen LogP contribution in [0, 0.1) is 10.1 Å². The van der Waals surface area contributed by atoms with Gasteiger partial charge in [0.05, 0.1) is 10.8 Å². The van der Waals surface area contributed by atoms with Gasteiger partial charge in [0.25, 0.3) is 0 Å². The van der Waals surface area contributed by atoms with Crippen LogP contribution in [0.4, 0.5) is 11.4 Å². The maximum absolute atomic E-state index is 10.9. The number of para-hydroxylation sites is 2. The zero-order valence-electron chi connectivity index (χ0n) is 10.4. The predicted octanol–water partition coefficient (Wildman–Crippen LogP) is 1.98. The van der Waals surface area contributed by atoms with Crippen molar-refractivity contribution in [1.82, 2.24) is 5.43 Å². The second-order valence-corrected chi connectivity index (χ2v) is 4.06. The first-order valence-electron chi connectivity index (χ1n) is 5.95. The lowest BCUT2D eigenvalue weighted by Gasteiger charge is -2.21. The summed E-state index contributed by atoms with van der Waals surface area (Å²) in [6, 6.07) is 18.5. The summed E-state index contributed by atoms with van der Waals surface area (Å²) in [5.74, 6) is -0.322. The van der Waals surface area contributed by atoms with Crippen LogP contribution < -0.4 is 15.7 Å². The summed E-state index contributed by atoms with van der Waals surface area (Å²) in [6.45, 7) is 0. The number of guanidine groups is 1. The van der Waals surface area contributed by atoms with Crippen molar-refractivity contribution in [3.8, 4) is 0 Å². The summed E-state index contributed by atoms with van der Waals surface area (Å²) in [6.07, 6.45) is 0. The molecule has 0 saturated carbocycles. The van der Waals surface area contributed by atoms with Crippen LogP contribution in [0.25, 0.3) is 0 Å². The zero-order chi connectivity index (χ0) is 13.9. The third-order valence-electron chi connectivity index (χ3n) is 2.75. The van der Waals surface area contributed by atoms with Crippen LogP contribution in [-0.2, 0) is 0 Å². The summed E-state index contributed by atoms with van der Waals surface area (Å²) < 4.78 is 0. The third kappa shape index (κ3) is 2.12. The van der Waals surface area contributed by atoms with Crippen molar-refractivity contribution < 1.29 is 4.92 Å². The minimum atomic E-state index is -0.557. The van der Waals surface area contributed by atoms with Gasteiger partial charge in [-0.1, -0.05) is 41.5 Å². The molecule has 0 unspecified atom stereocenters. The fourth-order valence-electron chi connectivity index (χ4n) is 1.85. The molecule has 0 bridgehead atoms.